The second-order valence-electron chi connectivity index (χ2n) is 8.64. The number of para-hydroxylation sites is 1. The van der Waals surface area contributed by atoms with Gasteiger partial charge in [-0.15, -0.1) is 0 Å². The Morgan fingerprint density at radius 3 is 2.32 bits per heavy atom. The highest BCUT2D eigenvalue weighted by molar-refractivity contribution is 6.09. The van der Waals surface area contributed by atoms with Crippen LogP contribution in [0.2, 0.25) is 0 Å². The van der Waals surface area contributed by atoms with Crippen molar-refractivity contribution < 1.29 is 9.18 Å². The van der Waals surface area contributed by atoms with Gasteiger partial charge in [0.05, 0.1) is 0 Å². The highest BCUT2D eigenvalue weighted by Crippen LogP contribution is 2.26. The molecule has 0 aliphatic carbocycles. The molecule has 3 aromatic rings. The maximum Gasteiger partial charge on any atom is 0.228 e. The van der Waals surface area contributed by atoms with Crippen LogP contribution in [-0.4, -0.2) is 40.7 Å². The van der Waals surface area contributed by atoms with Gasteiger partial charge in [0.25, 0.3) is 0 Å². The van der Waals surface area contributed by atoms with Crippen LogP contribution in [-0.2, 0) is 11.3 Å². The summed E-state index contributed by atoms with van der Waals surface area (Å²) in [6, 6.07) is 24.0. The summed E-state index contributed by atoms with van der Waals surface area (Å²) < 4.78 is 13.3. The first-order valence-corrected chi connectivity index (χ1v) is 11.8. The molecule has 3 aromatic carbocycles. The monoisotopic (exact) mass is 458 g/mol. The summed E-state index contributed by atoms with van der Waals surface area (Å²) >= 11 is 0. The molecule has 1 aliphatic heterocycles. The molecule has 4 rings (SSSR count). The number of hydrogen-bond acceptors (Lipinski definition) is 4. The molecule has 176 valence electrons. The normalized spacial score (nSPS) is 14.5. The second kappa shape index (κ2) is 11.1. The number of halogens is 1. The lowest BCUT2D eigenvalue weighted by atomic mass is 10.00. The number of benzene rings is 3. The quantitative estimate of drug-likeness (QED) is 0.348. The van der Waals surface area contributed by atoms with Gasteiger partial charge in [-0.2, -0.15) is 0 Å². The third-order valence-electron chi connectivity index (χ3n) is 6.29. The average Bonchev–Trinajstić information content (AvgIpc) is 2.87. The first-order valence-electron chi connectivity index (χ1n) is 11.8. The lowest BCUT2D eigenvalue weighted by molar-refractivity contribution is -0.129. The van der Waals surface area contributed by atoms with Crippen molar-refractivity contribution in [3.8, 4) is 0 Å². The van der Waals surface area contributed by atoms with Crippen LogP contribution in [0.4, 0.5) is 15.8 Å². The van der Waals surface area contributed by atoms with Crippen LogP contribution in [0.5, 0.6) is 0 Å². The van der Waals surface area contributed by atoms with Crippen molar-refractivity contribution in [2.75, 3.05) is 18.4 Å². The predicted molar refractivity (Wildman–Crippen MR) is 135 cm³/mol. The van der Waals surface area contributed by atoms with Crippen molar-refractivity contribution in [3.05, 3.63) is 95.8 Å². The standard InChI is InChI=1S/C28H31FN4O/c1-2-27(34)33(24-16-18-32(19-17-24)20-21-8-4-3-5-9-21)28(30)25-10-6-7-11-26(25)31-23-14-12-22(29)13-15-23/h3-15,24,30-31H,2,16-20H2,1H3. The summed E-state index contributed by atoms with van der Waals surface area (Å²) in [4.78, 5) is 17.1. The topological polar surface area (TPSA) is 59.4 Å². The van der Waals surface area contributed by atoms with Crippen molar-refractivity contribution in [3.63, 3.8) is 0 Å². The molecule has 0 spiro atoms. The van der Waals surface area contributed by atoms with Gasteiger partial charge in [0.2, 0.25) is 5.91 Å². The van der Waals surface area contributed by atoms with E-state index in [-0.39, 0.29) is 23.6 Å². The molecule has 5 nitrogen and oxygen atoms in total. The van der Waals surface area contributed by atoms with Crippen molar-refractivity contribution in [2.24, 2.45) is 0 Å². The molecule has 0 radical (unpaired) electrons. The van der Waals surface area contributed by atoms with Gasteiger partial charge in [-0.3, -0.25) is 20.0 Å². The summed E-state index contributed by atoms with van der Waals surface area (Å²) in [7, 11) is 0. The number of amidine groups is 1. The van der Waals surface area contributed by atoms with E-state index < -0.39 is 0 Å². The number of hydrogen-bond donors (Lipinski definition) is 2. The molecule has 1 saturated heterocycles. The van der Waals surface area contributed by atoms with Gasteiger partial charge in [0.1, 0.15) is 11.7 Å². The first-order chi connectivity index (χ1) is 16.5. The smallest absolute Gasteiger partial charge is 0.228 e. The molecule has 1 amide bonds. The maximum absolute atomic E-state index is 13.3. The number of amides is 1. The van der Waals surface area contributed by atoms with Crippen molar-refractivity contribution >= 4 is 23.1 Å². The second-order valence-corrected chi connectivity index (χ2v) is 8.64. The fourth-order valence-electron chi connectivity index (χ4n) is 4.48. The molecule has 0 unspecified atom stereocenters. The predicted octanol–water partition coefficient (Wildman–Crippen LogP) is 5.80. The average molecular weight is 459 g/mol. The van der Waals surface area contributed by atoms with Gasteiger partial charge >= 0.3 is 0 Å². The van der Waals surface area contributed by atoms with Gasteiger partial charge in [-0.05, 0) is 54.8 Å². The minimum absolute atomic E-state index is 0.00847. The van der Waals surface area contributed by atoms with Gasteiger partial charge in [-0.1, -0.05) is 49.4 Å². The van der Waals surface area contributed by atoms with E-state index in [0.717, 1.165) is 43.9 Å². The highest BCUT2D eigenvalue weighted by atomic mass is 19.1. The molecule has 0 saturated carbocycles. The maximum atomic E-state index is 13.3. The molecule has 6 heteroatoms. The van der Waals surface area contributed by atoms with Crippen LogP contribution in [0, 0.1) is 11.2 Å². The van der Waals surface area contributed by atoms with Crippen molar-refractivity contribution in [1.29, 1.82) is 5.41 Å². The molecule has 0 bridgehead atoms. The largest absolute Gasteiger partial charge is 0.355 e. The number of anilines is 2. The summed E-state index contributed by atoms with van der Waals surface area (Å²) in [5, 5.41) is 12.3. The van der Waals surface area contributed by atoms with Crippen LogP contribution in [0.1, 0.15) is 37.3 Å². The van der Waals surface area contributed by atoms with Crippen molar-refractivity contribution in [2.45, 2.75) is 38.8 Å². The van der Waals surface area contributed by atoms with Crippen LogP contribution in [0.3, 0.4) is 0 Å². The van der Waals surface area contributed by atoms with Gasteiger partial charge < -0.3 is 5.32 Å². The summed E-state index contributed by atoms with van der Waals surface area (Å²) in [5.41, 5.74) is 3.38. The summed E-state index contributed by atoms with van der Waals surface area (Å²) in [6.45, 7) is 4.51. The minimum Gasteiger partial charge on any atom is -0.355 e. The Balaban J connectivity index is 1.49. The number of nitrogens with zero attached hydrogens (tertiary/aromatic N) is 2. The number of rotatable bonds is 7. The fourth-order valence-corrected chi connectivity index (χ4v) is 4.48. The lowest BCUT2D eigenvalue weighted by Gasteiger charge is -2.39. The fraction of sp³-hybridized carbons (Fsp3) is 0.286. The van der Waals surface area contributed by atoms with E-state index in [1.165, 1.54) is 17.7 Å². The zero-order valence-corrected chi connectivity index (χ0v) is 19.5. The van der Waals surface area contributed by atoms with E-state index in [1.807, 2.05) is 37.3 Å². The SMILES string of the molecule is CCC(=O)N(C(=N)c1ccccc1Nc1ccc(F)cc1)C1CCN(Cc2ccccc2)CC1. The summed E-state index contributed by atoms with van der Waals surface area (Å²) in [6.07, 6.45) is 2.00. The number of carbonyl (C=O) groups excluding carboxylic acids is 1. The Hall–Kier alpha value is -3.51. The van der Waals surface area contributed by atoms with Crippen LogP contribution < -0.4 is 5.32 Å². The highest BCUT2D eigenvalue weighted by Gasteiger charge is 2.31. The molecule has 1 aliphatic rings. The van der Waals surface area contributed by atoms with E-state index >= 15 is 0 Å². The molecule has 1 heterocycles. The number of nitrogens with one attached hydrogen (secondary N) is 2. The first kappa shape index (κ1) is 23.6. The molecule has 1 fully saturated rings. The van der Waals surface area contributed by atoms with Crippen molar-refractivity contribution in [1.82, 2.24) is 9.80 Å². The Bertz CT molecular complexity index is 1110. The van der Waals surface area contributed by atoms with Crippen LogP contribution in [0.25, 0.3) is 0 Å². The van der Waals surface area contributed by atoms with E-state index in [9.17, 15) is 9.18 Å². The number of likely N-dealkylation sites (tertiary alicyclic amines) is 1. The number of piperidine rings is 1. The van der Waals surface area contributed by atoms with E-state index in [4.69, 9.17) is 5.41 Å². The summed E-state index contributed by atoms with van der Waals surface area (Å²) in [5.74, 6) is -0.133. The Kier molecular flexibility index (Phi) is 7.70. The molecule has 0 atom stereocenters. The Labute approximate surface area is 200 Å². The van der Waals surface area contributed by atoms with Crippen LogP contribution >= 0.6 is 0 Å². The zero-order chi connectivity index (χ0) is 23.9. The molecule has 2 N–H and O–H groups in total. The third kappa shape index (κ3) is 5.69. The van der Waals surface area contributed by atoms with Gasteiger partial charge in [-0.25, -0.2) is 4.39 Å². The number of carbonyl (C=O) groups is 1. The Morgan fingerprint density at radius 2 is 1.65 bits per heavy atom. The molecule has 0 aromatic heterocycles. The van der Waals surface area contributed by atoms with Gasteiger partial charge in [0.15, 0.2) is 0 Å². The third-order valence-corrected chi connectivity index (χ3v) is 6.29. The lowest BCUT2D eigenvalue weighted by Crippen LogP contribution is -2.49. The van der Waals surface area contributed by atoms with E-state index in [1.54, 1.807) is 17.0 Å². The van der Waals surface area contributed by atoms with E-state index in [2.05, 4.69) is 34.5 Å². The molecular weight excluding hydrogens is 427 g/mol. The van der Waals surface area contributed by atoms with Gasteiger partial charge in [0, 0.05) is 49.0 Å². The molecular formula is C28H31FN4O. The minimum atomic E-state index is -0.301. The Morgan fingerprint density at radius 1 is 1.00 bits per heavy atom. The zero-order valence-electron chi connectivity index (χ0n) is 19.5. The van der Waals surface area contributed by atoms with E-state index in [0.29, 0.717) is 12.0 Å². The molecule has 34 heavy (non-hydrogen) atoms. The van der Waals surface area contributed by atoms with Crippen LogP contribution in [0.15, 0.2) is 78.9 Å².